The first kappa shape index (κ1) is 16.5. The summed E-state index contributed by atoms with van der Waals surface area (Å²) in [7, 11) is 0. The number of rotatable bonds is 8. The second-order valence-electron chi connectivity index (χ2n) is 4.25. The number of nitrogens with one attached hydrogen (secondary N) is 1. The molecule has 0 amide bonds. The number of anilines is 1. The van der Waals surface area contributed by atoms with Gasteiger partial charge in [0.1, 0.15) is 6.61 Å². The van der Waals surface area contributed by atoms with Crippen LogP contribution in [-0.4, -0.2) is 35.7 Å². The molecule has 114 valence electrons. The second-order valence-corrected chi connectivity index (χ2v) is 4.25. The molecular formula is C12H18F3N3O2. The predicted molar refractivity (Wildman–Crippen MR) is 68.8 cm³/mol. The summed E-state index contributed by atoms with van der Waals surface area (Å²) in [6.07, 6.45) is -1.57. The molecule has 0 aliphatic heterocycles. The molecular weight excluding hydrogens is 275 g/mol. The van der Waals surface area contributed by atoms with Crippen LogP contribution >= 0.6 is 0 Å². The molecule has 0 radical (unpaired) electrons. The van der Waals surface area contributed by atoms with E-state index in [0.29, 0.717) is 12.1 Å². The quantitative estimate of drug-likeness (QED) is 0.745. The Balaban J connectivity index is 2.35. The summed E-state index contributed by atoms with van der Waals surface area (Å²) in [5, 5.41) is 6.97. The lowest BCUT2D eigenvalue weighted by Crippen LogP contribution is -2.24. The van der Waals surface area contributed by atoms with Gasteiger partial charge in [-0.05, 0) is 12.8 Å². The van der Waals surface area contributed by atoms with Gasteiger partial charge in [-0.15, -0.1) is 0 Å². The van der Waals surface area contributed by atoms with Gasteiger partial charge < -0.3 is 10.1 Å². The summed E-state index contributed by atoms with van der Waals surface area (Å²) in [5.74, 6) is 0. The highest BCUT2D eigenvalue weighted by Gasteiger charge is 2.27. The van der Waals surface area contributed by atoms with E-state index in [1.165, 1.54) is 16.9 Å². The van der Waals surface area contributed by atoms with Gasteiger partial charge in [-0.2, -0.15) is 18.3 Å². The van der Waals surface area contributed by atoms with Crippen molar-refractivity contribution in [3.63, 3.8) is 0 Å². The van der Waals surface area contributed by atoms with E-state index in [1.807, 2.05) is 6.92 Å². The molecule has 0 fully saturated rings. The van der Waals surface area contributed by atoms with Crippen LogP contribution in [0.3, 0.4) is 0 Å². The lowest BCUT2D eigenvalue weighted by Gasteiger charge is -2.09. The van der Waals surface area contributed by atoms with Gasteiger partial charge in [-0.25, -0.2) is 4.68 Å². The molecule has 1 aromatic rings. The Morgan fingerprint density at radius 3 is 2.80 bits per heavy atom. The summed E-state index contributed by atoms with van der Waals surface area (Å²) in [6, 6.07) is 1.42. The number of alkyl halides is 3. The molecule has 20 heavy (non-hydrogen) atoms. The number of aromatic nitrogens is 2. The average Bonchev–Trinajstić information content (AvgIpc) is 2.36. The Morgan fingerprint density at radius 1 is 1.45 bits per heavy atom. The maximum atomic E-state index is 11.8. The van der Waals surface area contributed by atoms with Crippen LogP contribution in [0.4, 0.5) is 18.9 Å². The minimum atomic E-state index is -4.32. The smallest absolute Gasteiger partial charge is 0.384 e. The molecule has 0 bridgehead atoms. The summed E-state index contributed by atoms with van der Waals surface area (Å²) in [6.45, 7) is 1.64. The van der Waals surface area contributed by atoms with Crippen molar-refractivity contribution in [2.24, 2.45) is 0 Å². The number of aryl methyl sites for hydroxylation is 1. The fraction of sp³-hybridized carbons (Fsp3) is 0.667. The third-order valence-electron chi connectivity index (χ3n) is 2.37. The highest BCUT2D eigenvalue weighted by Crippen LogP contribution is 2.14. The summed E-state index contributed by atoms with van der Waals surface area (Å²) >= 11 is 0. The summed E-state index contributed by atoms with van der Waals surface area (Å²) in [5.41, 5.74) is 0.350. The molecule has 1 rings (SSSR count). The molecule has 1 heterocycles. The van der Waals surface area contributed by atoms with Crippen molar-refractivity contribution in [1.29, 1.82) is 0 Å². The van der Waals surface area contributed by atoms with Gasteiger partial charge in [0.25, 0.3) is 5.56 Å². The topological polar surface area (TPSA) is 56.1 Å². The van der Waals surface area contributed by atoms with Crippen molar-refractivity contribution in [3.05, 3.63) is 22.6 Å². The van der Waals surface area contributed by atoms with Crippen LogP contribution in [0.2, 0.25) is 0 Å². The van der Waals surface area contributed by atoms with Crippen molar-refractivity contribution in [1.82, 2.24) is 9.78 Å². The lowest BCUT2D eigenvalue weighted by molar-refractivity contribution is -0.174. The molecule has 1 N–H and O–H groups in total. The fourth-order valence-corrected chi connectivity index (χ4v) is 1.47. The molecule has 0 spiro atoms. The van der Waals surface area contributed by atoms with Gasteiger partial charge >= 0.3 is 6.18 Å². The molecule has 0 atom stereocenters. The van der Waals surface area contributed by atoms with Crippen LogP contribution in [0, 0.1) is 0 Å². The van der Waals surface area contributed by atoms with Crippen LogP contribution in [-0.2, 0) is 11.3 Å². The van der Waals surface area contributed by atoms with Crippen LogP contribution < -0.4 is 10.9 Å². The fourth-order valence-electron chi connectivity index (χ4n) is 1.47. The van der Waals surface area contributed by atoms with Crippen molar-refractivity contribution in [2.75, 3.05) is 25.1 Å². The number of hydrogen-bond acceptors (Lipinski definition) is 4. The SMILES string of the molecule is CCCNc1cnn(CCCOCC(F)(F)F)c(=O)c1. The Bertz CT molecular complexity index is 460. The molecule has 0 unspecified atom stereocenters. The predicted octanol–water partition coefficient (Wildman–Crippen LogP) is 2.03. The Labute approximate surface area is 114 Å². The normalized spacial score (nSPS) is 11.6. The molecule has 5 nitrogen and oxygen atoms in total. The van der Waals surface area contributed by atoms with Gasteiger partial charge in [0, 0.05) is 25.8 Å². The molecule has 0 saturated carbocycles. The third-order valence-corrected chi connectivity index (χ3v) is 2.37. The van der Waals surface area contributed by atoms with Crippen molar-refractivity contribution >= 4 is 5.69 Å². The van der Waals surface area contributed by atoms with E-state index in [9.17, 15) is 18.0 Å². The Hall–Kier alpha value is -1.57. The van der Waals surface area contributed by atoms with E-state index in [1.54, 1.807) is 0 Å². The number of hydrogen-bond donors (Lipinski definition) is 1. The monoisotopic (exact) mass is 293 g/mol. The lowest BCUT2D eigenvalue weighted by atomic mass is 10.4. The van der Waals surface area contributed by atoms with Crippen LogP contribution in [0.1, 0.15) is 19.8 Å². The van der Waals surface area contributed by atoms with E-state index >= 15 is 0 Å². The van der Waals surface area contributed by atoms with E-state index in [2.05, 4.69) is 15.2 Å². The first-order valence-corrected chi connectivity index (χ1v) is 6.38. The highest BCUT2D eigenvalue weighted by molar-refractivity contribution is 5.38. The molecule has 0 aromatic carbocycles. The maximum absolute atomic E-state index is 11.8. The number of halogens is 3. The van der Waals surface area contributed by atoms with Crippen molar-refractivity contribution in [2.45, 2.75) is 32.5 Å². The zero-order chi connectivity index (χ0) is 15.0. The maximum Gasteiger partial charge on any atom is 0.411 e. The van der Waals surface area contributed by atoms with Gasteiger partial charge in [-0.3, -0.25) is 4.79 Å². The van der Waals surface area contributed by atoms with Crippen LogP contribution in [0.25, 0.3) is 0 Å². The first-order valence-electron chi connectivity index (χ1n) is 6.38. The molecule has 0 aliphatic carbocycles. The van der Waals surface area contributed by atoms with Crippen molar-refractivity contribution in [3.8, 4) is 0 Å². The third kappa shape index (κ3) is 6.55. The van der Waals surface area contributed by atoms with Gasteiger partial charge in [0.05, 0.1) is 11.9 Å². The highest BCUT2D eigenvalue weighted by atomic mass is 19.4. The van der Waals surface area contributed by atoms with E-state index in [0.717, 1.165) is 13.0 Å². The van der Waals surface area contributed by atoms with Crippen LogP contribution in [0.5, 0.6) is 0 Å². The zero-order valence-electron chi connectivity index (χ0n) is 11.2. The molecule has 0 aliphatic rings. The first-order chi connectivity index (χ1) is 9.42. The number of nitrogens with zero attached hydrogens (tertiary/aromatic N) is 2. The average molecular weight is 293 g/mol. The summed E-state index contributed by atoms with van der Waals surface area (Å²) < 4.78 is 41.1. The van der Waals surface area contributed by atoms with Gasteiger partial charge in [-0.1, -0.05) is 6.92 Å². The Kier molecular flexibility index (Phi) is 6.50. The number of ether oxygens (including phenoxy) is 1. The van der Waals surface area contributed by atoms with Gasteiger partial charge in [0.15, 0.2) is 0 Å². The van der Waals surface area contributed by atoms with E-state index < -0.39 is 12.8 Å². The van der Waals surface area contributed by atoms with Crippen molar-refractivity contribution < 1.29 is 17.9 Å². The second kappa shape index (κ2) is 7.88. The zero-order valence-corrected chi connectivity index (χ0v) is 11.2. The van der Waals surface area contributed by atoms with E-state index in [4.69, 9.17) is 0 Å². The van der Waals surface area contributed by atoms with Gasteiger partial charge in [0.2, 0.25) is 0 Å². The Morgan fingerprint density at radius 2 is 2.20 bits per heavy atom. The van der Waals surface area contributed by atoms with E-state index in [-0.39, 0.29) is 18.7 Å². The van der Waals surface area contributed by atoms with Crippen LogP contribution in [0.15, 0.2) is 17.1 Å². The largest absolute Gasteiger partial charge is 0.411 e. The molecule has 0 saturated heterocycles. The molecule has 1 aromatic heterocycles. The minimum Gasteiger partial charge on any atom is -0.384 e. The minimum absolute atomic E-state index is 0.0660. The summed E-state index contributed by atoms with van der Waals surface area (Å²) in [4.78, 5) is 11.7. The molecule has 8 heteroatoms. The standard InChI is InChI=1S/C12H18F3N3O2/c1-2-4-16-10-7-11(19)18(17-8-10)5-3-6-20-9-12(13,14)15/h7-8,16H,2-6,9H2,1H3.